The Bertz CT molecular complexity index is 264. The minimum absolute atomic E-state index is 0.153. The summed E-state index contributed by atoms with van der Waals surface area (Å²) in [6.45, 7) is 2.91. The van der Waals surface area contributed by atoms with E-state index in [1.807, 2.05) is 6.92 Å². The van der Waals surface area contributed by atoms with E-state index in [4.69, 9.17) is 5.26 Å². The van der Waals surface area contributed by atoms with E-state index >= 15 is 0 Å². The average Bonchev–Trinajstić information content (AvgIpc) is 2.62. The molecule has 2 aliphatic rings. The van der Waals surface area contributed by atoms with Crippen molar-refractivity contribution in [3.63, 3.8) is 0 Å². The molecule has 1 fully saturated rings. The number of nitrogens with zero attached hydrogens (tertiary/aromatic N) is 2. The monoisotopic (exact) mass is 190 g/mol. The lowest BCUT2D eigenvalue weighted by Crippen LogP contribution is -2.36. The molecule has 0 radical (unpaired) electrons. The maximum absolute atomic E-state index is 8.79. The summed E-state index contributed by atoms with van der Waals surface area (Å²) in [7, 11) is 0. The van der Waals surface area contributed by atoms with Gasteiger partial charge in [-0.25, -0.2) is 0 Å². The molecule has 2 rings (SSSR count). The number of hydrogen-bond donors (Lipinski definition) is 0. The van der Waals surface area contributed by atoms with Gasteiger partial charge in [0.15, 0.2) is 0 Å². The van der Waals surface area contributed by atoms with Crippen LogP contribution in [-0.4, -0.2) is 17.5 Å². The van der Waals surface area contributed by atoms with E-state index in [2.05, 4.69) is 23.2 Å². The molecule has 2 nitrogen and oxygen atoms in total. The van der Waals surface area contributed by atoms with Gasteiger partial charge in [-0.3, -0.25) is 0 Å². The van der Waals surface area contributed by atoms with E-state index in [1.165, 1.54) is 25.7 Å². The summed E-state index contributed by atoms with van der Waals surface area (Å²) >= 11 is 0. The van der Waals surface area contributed by atoms with Crippen molar-refractivity contribution in [3.8, 4) is 6.07 Å². The van der Waals surface area contributed by atoms with Crippen molar-refractivity contribution in [2.45, 2.75) is 38.6 Å². The predicted molar refractivity (Wildman–Crippen MR) is 56.4 cm³/mol. The van der Waals surface area contributed by atoms with Crippen LogP contribution in [0, 0.1) is 23.2 Å². The highest BCUT2D eigenvalue weighted by Gasteiger charge is 2.31. The van der Waals surface area contributed by atoms with E-state index in [1.54, 1.807) is 0 Å². The fraction of sp³-hybridized carbons (Fsp3) is 0.750. The lowest BCUT2D eigenvalue weighted by Gasteiger charge is -2.33. The summed E-state index contributed by atoms with van der Waals surface area (Å²) in [6, 6.07) is 3.02. The second-order valence-corrected chi connectivity index (χ2v) is 4.58. The van der Waals surface area contributed by atoms with Crippen LogP contribution in [0.15, 0.2) is 12.3 Å². The Kier molecular flexibility index (Phi) is 2.77. The van der Waals surface area contributed by atoms with Gasteiger partial charge in [0.1, 0.15) is 0 Å². The molecule has 0 spiro atoms. The summed E-state index contributed by atoms with van der Waals surface area (Å²) in [4.78, 5) is 2.39. The van der Waals surface area contributed by atoms with Crippen molar-refractivity contribution >= 4 is 0 Å². The van der Waals surface area contributed by atoms with Gasteiger partial charge in [-0.2, -0.15) is 5.26 Å². The maximum atomic E-state index is 8.79. The van der Waals surface area contributed by atoms with Crippen molar-refractivity contribution < 1.29 is 0 Å². The fourth-order valence-electron chi connectivity index (χ4n) is 2.66. The summed E-state index contributed by atoms with van der Waals surface area (Å²) in [5.41, 5.74) is 0. The molecule has 1 saturated carbocycles. The molecule has 0 N–H and O–H groups in total. The first-order valence-corrected chi connectivity index (χ1v) is 5.65. The number of rotatable bonds is 2. The van der Waals surface area contributed by atoms with Crippen molar-refractivity contribution in [3.05, 3.63) is 12.3 Å². The largest absolute Gasteiger partial charge is 0.373 e. The first kappa shape index (κ1) is 9.58. The van der Waals surface area contributed by atoms with E-state index in [0.717, 1.165) is 12.5 Å². The van der Waals surface area contributed by atoms with Crippen LogP contribution in [0.3, 0.4) is 0 Å². The Hall–Kier alpha value is -0.970. The number of fused-ring (bicyclic) bond motifs is 1. The third-order valence-electron chi connectivity index (χ3n) is 3.44. The van der Waals surface area contributed by atoms with Crippen LogP contribution in [0.4, 0.5) is 0 Å². The predicted octanol–water partition coefficient (Wildman–Crippen LogP) is 2.53. The summed E-state index contributed by atoms with van der Waals surface area (Å²) in [6.07, 6.45) is 9.96. The van der Waals surface area contributed by atoms with E-state index in [0.29, 0.717) is 6.04 Å². The second-order valence-electron chi connectivity index (χ2n) is 4.58. The van der Waals surface area contributed by atoms with Gasteiger partial charge in [-0.15, -0.1) is 0 Å². The van der Waals surface area contributed by atoms with Gasteiger partial charge in [0.25, 0.3) is 0 Å². The fourth-order valence-corrected chi connectivity index (χ4v) is 2.66. The van der Waals surface area contributed by atoms with Crippen LogP contribution >= 0.6 is 0 Å². The van der Waals surface area contributed by atoms with Crippen LogP contribution < -0.4 is 0 Å². The Labute approximate surface area is 86.2 Å². The van der Waals surface area contributed by atoms with Crippen LogP contribution in [0.1, 0.15) is 32.6 Å². The first-order chi connectivity index (χ1) is 6.81. The van der Waals surface area contributed by atoms with Crippen LogP contribution in [0.5, 0.6) is 0 Å². The first-order valence-electron chi connectivity index (χ1n) is 5.65. The summed E-state index contributed by atoms with van der Waals surface area (Å²) in [5, 5.41) is 8.79. The molecule has 0 aromatic heterocycles. The van der Waals surface area contributed by atoms with Gasteiger partial charge >= 0.3 is 0 Å². The SMILES string of the molecule is CC(C#N)CN1C=CC2CCCCC21. The van der Waals surface area contributed by atoms with Gasteiger partial charge in [0.05, 0.1) is 12.0 Å². The van der Waals surface area contributed by atoms with Crippen LogP contribution in [0.25, 0.3) is 0 Å². The normalized spacial score (nSPS) is 32.4. The van der Waals surface area contributed by atoms with E-state index < -0.39 is 0 Å². The number of nitriles is 1. The quantitative estimate of drug-likeness (QED) is 0.669. The summed E-state index contributed by atoms with van der Waals surface area (Å²) < 4.78 is 0. The molecule has 3 atom stereocenters. The maximum Gasteiger partial charge on any atom is 0.0671 e. The highest BCUT2D eigenvalue weighted by Crippen LogP contribution is 2.34. The topological polar surface area (TPSA) is 27.0 Å². The van der Waals surface area contributed by atoms with E-state index in [9.17, 15) is 0 Å². The standard InChI is InChI=1S/C12H18N2/c1-10(8-13)9-14-7-6-11-4-2-3-5-12(11)14/h6-7,10-12H,2-5,9H2,1H3. The molecular weight excluding hydrogens is 172 g/mol. The zero-order valence-corrected chi connectivity index (χ0v) is 8.82. The van der Waals surface area contributed by atoms with Gasteiger partial charge in [-0.1, -0.05) is 18.9 Å². The molecular formula is C12H18N2. The number of hydrogen-bond acceptors (Lipinski definition) is 2. The average molecular weight is 190 g/mol. The molecule has 0 bridgehead atoms. The Morgan fingerprint density at radius 2 is 2.29 bits per heavy atom. The molecule has 0 aromatic carbocycles. The zero-order valence-electron chi connectivity index (χ0n) is 8.82. The molecule has 2 heteroatoms. The Morgan fingerprint density at radius 3 is 3.07 bits per heavy atom. The summed E-state index contributed by atoms with van der Waals surface area (Å²) in [5.74, 6) is 0.926. The molecule has 1 heterocycles. The Morgan fingerprint density at radius 1 is 1.50 bits per heavy atom. The smallest absolute Gasteiger partial charge is 0.0671 e. The van der Waals surface area contributed by atoms with Gasteiger partial charge < -0.3 is 4.90 Å². The van der Waals surface area contributed by atoms with Gasteiger partial charge in [-0.05, 0) is 31.9 Å². The highest BCUT2D eigenvalue weighted by molar-refractivity contribution is 5.06. The lowest BCUT2D eigenvalue weighted by atomic mass is 9.86. The minimum atomic E-state index is 0.153. The minimum Gasteiger partial charge on any atom is -0.373 e. The third kappa shape index (κ3) is 1.77. The van der Waals surface area contributed by atoms with Gasteiger partial charge in [0.2, 0.25) is 0 Å². The molecule has 0 saturated heterocycles. The molecule has 76 valence electrons. The van der Waals surface area contributed by atoms with Crippen molar-refractivity contribution in [2.24, 2.45) is 11.8 Å². The highest BCUT2D eigenvalue weighted by atomic mass is 15.2. The molecule has 1 aliphatic carbocycles. The molecule has 1 aliphatic heterocycles. The van der Waals surface area contributed by atoms with Crippen LogP contribution in [0.2, 0.25) is 0 Å². The second kappa shape index (κ2) is 4.04. The Balaban J connectivity index is 1.95. The van der Waals surface area contributed by atoms with Crippen LogP contribution in [-0.2, 0) is 0 Å². The lowest BCUT2D eigenvalue weighted by molar-refractivity contribution is 0.193. The van der Waals surface area contributed by atoms with Crippen molar-refractivity contribution in [1.82, 2.24) is 4.90 Å². The third-order valence-corrected chi connectivity index (χ3v) is 3.44. The van der Waals surface area contributed by atoms with Gasteiger partial charge in [0, 0.05) is 12.6 Å². The van der Waals surface area contributed by atoms with Crippen molar-refractivity contribution in [1.29, 1.82) is 5.26 Å². The van der Waals surface area contributed by atoms with E-state index in [-0.39, 0.29) is 5.92 Å². The van der Waals surface area contributed by atoms with Crippen molar-refractivity contribution in [2.75, 3.05) is 6.54 Å². The molecule has 14 heavy (non-hydrogen) atoms. The molecule has 3 unspecified atom stereocenters. The zero-order chi connectivity index (χ0) is 9.97. The molecule has 0 amide bonds. The molecule has 0 aromatic rings.